The third kappa shape index (κ3) is 3.75. The Kier molecular flexibility index (Phi) is 5.36. The van der Waals surface area contributed by atoms with Crippen LogP contribution in [0.25, 0.3) is 0 Å². The fourth-order valence-electron chi connectivity index (χ4n) is 2.41. The Hall–Kier alpha value is -2.56. The van der Waals surface area contributed by atoms with E-state index in [1.807, 2.05) is 30.3 Å². The Morgan fingerprint density at radius 3 is 2.64 bits per heavy atom. The Morgan fingerprint density at radius 2 is 2.00 bits per heavy atom. The highest BCUT2D eigenvalue weighted by Crippen LogP contribution is 2.23. The van der Waals surface area contributed by atoms with Crippen molar-refractivity contribution in [2.24, 2.45) is 0 Å². The summed E-state index contributed by atoms with van der Waals surface area (Å²) in [7, 11) is 0. The summed E-state index contributed by atoms with van der Waals surface area (Å²) >= 11 is 0. The van der Waals surface area contributed by atoms with Crippen molar-refractivity contribution in [3.8, 4) is 0 Å². The molecule has 0 aromatic heterocycles. The lowest BCUT2D eigenvalue weighted by Gasteiger charge is -2.24. The van der Waals surface area contributed by atoms with Crippen LogP contribution in [-0.4, -0.2) is 35.7 Å². The average Bonchev–Trinajstić information content (AvgIpc) is 2.96. The molecule has 116 valence electrons. The van der Waals surface area contributed by atoms with Crippen LogP contribution in [0.1, 0.15) is 12.0 Å². The Balaban J connectivity index is 1.93. The van der Waals surface area contributed by atoms with Crippen LogP contribution in [0.15, 0.2) is 55.6 Å². The summed E-state index contributed by atoms with van der Waals surface area (Å²) in [6, 6.07) is 9.06. The Labute approximate surface area is 129 Å². The summed E-state index contributed by atoms with van der Waals surface area (Å²) in [5.41, 5.74) is 0.917. The summed E-state index contributed by atoms with van der Waals surface area (Å²) in [6.07, 6.45) is 2.41. The van der Waals surface area contributed by atoms with E-state index in [0.29, 0.717) is 13.0 Å². The van der Waals surface area contributed by atoms with Crippen molar-refractivity contribution in [1.29, 1.82) is 0 Å². The quantitative estimate of drug-likeness (QED) is 0.477. The van der Waals surface area contributed by atoms with Crippen LogP contribution in [0.3, 0.4) is 0 Å². The number of hydrogen-bond donors (Lipinski definition) is 0. The van der Waals surface area contributed by atoms with Crippen molar-refractivity contribution >= 4 is 12.1 Å². The van der Waals surface area contributed by atoms with Gasteiger partial charge in [0.25, 0.3) is 0 Å². The number of rotatable bonds is 5. The second kappa shape index (κ2) is 7.45. The van der Waals surface area contributed by atoms with Crippen molar-refractivity contribution < 1.29 is 19.1 Å². The van der Waals surface area contributed by atoms with E-state index in [1.54, 1.807) is 6.08 Å². The first-order valence-corrected chi connectivity index (χ1v) is 7.08. The number of esters is 1. The van der Waals surface area contributed by atoms with Crippen LogP contribution in [0, 0.1) is 0 Å². The highest BCUT2D eigenvalue weighted by atomic mass is 16.6. The van der Waals surface area contributed by atoms with Crippen LogP contribution < -0.4 is 0 Å². The lowest BCUT2D eigenvalue weighted by atomic mass is 10.1. The number of likely N-dealkylation sites (tertiary alicyclic amines) is 1. The van der Waals surface area contributed by atoms with E-state index in [2.05, 4.69) is 13.2 Å². The molecule has 0 spiro atoms. The van der Waals surface area contributed by atoms with Gasteiger partial charge in [-0.3, -0.25) is 4.90 Å². The maximum atomic E-state index is 12.2. The van der Waals surface area contributed by atoms with Crippen molar-refractivity contribution in [3.63, 3.8) is 0 Å². The summed E-state index contributed by atoms with van der Waals surface area (Å²) in [5.74, 6) is -0.503. The number of amides is 1. The SMILES string of the molecule is C=CC(=O)O[C@H]1CCN(C(=O)OCc2ccccc2)[C@H]1C=C. The predicted molar refractivity (Wildman–Crippen MR) is 82.0 cm³/mol. The van der Waals surface area contributed by atoms with Gasteiger partial charge in [-0.05, 0) is 5.56 Å². The summed E-state index contributed by atoms with van der Waals surface area (Å²) in [5, 5.41) is 0. The highest BCUT2D eigenvalue weighted by Gasteiger charge is 2.38. The molecular weight excluding hydrogens is 282 g/mol. The molecule has 5 heteroatoms. The number of carbonyl (C=O) groups is 2. The molecule has 0 radical (unpaired) electrons. The molecule has 1 fully saturated rings. The maximum absolute atomic E-state index is 12.2. The fraction of sp³-hybridized carbons (Fsp3) is 0.294. The Morgan fingerprint density at radius 1 is 1.27 bits per heavy atom. The zero-order valence-corrected chi connectivity index (χ0v) is 12.3. The largest absolute Gasteiger partial charge is 0.457 e. The van der Waals surface area contributed by atoms with Gasteiger partial charge in [-0.2, -0.15) is 0 Å². The molecule has 2 atom stereocenters. The first-order chi connectivity index (χ1) is 10.7. The second-order valence-electron chi connectivity index (χ2n) is 4.93. The number of ether oxygens (including phenoxy) is 2. The number of nitrogens with zero attached hydrogens (tertiary/aromatic N) is 1. The molecule has 0 N–H and O–H groups in total. The van der Waals surface area contributed by atoms with Crippen molar-refractivity contribution in [2.45, 2.75) is 25.2 Å². The molecule has 1 aromatic carbocycles. The van der Waals surface area contributed by atoms with E-state index in [4.69, 9.17) is 9.47 Å². The van der Waals surface area contributed by atoms with Gasteiger partial charge in [-0.25, -0.2) is 9.59 Å². The van der Waals surface area contributed by atoms with E-state index >= 15 is 0 Å². The van der Waals surface area contributed by atoms with Gasteiger partial charge in [0.15, 0.2) is 0 Å². The third-order valence-electron chi connectivity index (χ3n) is 3.51. The molecule has 0 unspecified atom stereocenters. The summed E-state index contributed by atoms with van der Waals surface area (Å²) < 4.78 is 10.5. The molecule has 1 amide bonds. The smallest absolute Gasteiger partial charge is 0.410 e. The second-order valence-corrected chi connectivity index (χ2v) is 4.93. The molecule has 0 bridgehead atoms. The van der Waals surface area contributed by atoms with Crippen molar-refractivity contribution in [2.75, 3.05) is 6.54 Å². The fourth-order valence-corrected chi connectivity index (χ4v) is 2.41. The van der Waals surface area contributed by atoms with Gasteiger partial charge < -0.3 is 9.47 Å². The van der Waals surface area contributed by atoms with Gasteiger partial charge in [0.05, 0.1) is 6.04 Å². The molecule has 1 saturated heterocycles. The molecule has 1 aliphatic rings. The molecular formula is C17H19NO4. The zero-order valence-electron chi connectivity index (χ0n) is 12.3. The standard InChI is InChI=1S/C17H19NO4/c1-3-14-15(22-16(19)4-2)10-11-18(14)17(20)21-12-13-8-6-5-7-9-13/h3-9,14-15H,1-2,10-12H2/t14-,15-/m0/s1. The molecule has 1 aliphatic heterocycles. The highest BCUT2D eigenvalue weighted by molar-refractivity contribution is 5.81. The van der Waals surface area contributed by atoms with Crippen molar-refractivity contribution in [1.82, 2.24) is 4.90 Å². The van der Waals surface area contributed by atoms with E-state index < -0.39 is 18.2 Å². The lowest BCUT2D eigenvalue weighted by molar-refractivity contribution is -0.143. The molecule has 1 heterocycles. The number of hydrogen-bond acceptors (Lipinski definition) is 4. The first-order valence-electron chi connectivity index (χ1n) is 7.08. The van der Waals surface area contributed by atoms with E-state index in [1.165, 1.54) is 4.90 Å². The average molecular weight is 301 g/mol. The first kappa shape index (κ1) is 15.8. The van der Waals surface area contributed by atoms with Gasteiger partial charge >= 0.3 is 12.1 Å². The van der Waals surface area contributed by atoms with Gasteiger partial charge in [0, 0.05) is 19.0 Å². The number of benzene rings is 1. The van der Waals surface area contributed by atoms with Gasteiger partial charge in [-0.1, -0.05) is 43.0 Å². The number of carbonyl (C=O) groups excluding carboxylic acids is 2. The van der Waals surface area contributed by atoms with Gasteiger partial charge in [0.1, 0.15) is 12.7 Å². The zero-order chi connectivity index (χ0) is 15.9. The summed E-state index contributed by atoms with van der Waals surface area (Å²) in [4.78, 5) is 25.0. The molecule has 1 aromatic rings. The topological polar surface area (TPSA) is 55.8 Å². The van der Waals surface area contributed by atoms with Crippen LogP contribution in [-0.2, 0) is 20.9 Å². The maximum Gasteiger partial charge on any atom is 0.410 e. The van der Waals surface area contributed by atoms with Crippen LogP contribution in [0.4, 0.5) is 4.79 Å². The minimum absolute atomic E-state index is 0.206. The van der Waals surface area contributed by atoms with E-state index in [-0.39, 0.29) is 12.6 Å². The van der Waals surface area contributed by atoms with E-state index in [9.17, 15) is 9.59 Å². The molecule has 5 nitrogen and oxygen atoms in total. The molecule has 0 aliphatic carbocycles. The lowest BCUT2D eigenvalue weighted by Crippen LogP contribution is -2.39. The summed E-state index contributed by atoms with van der Waals surface area (Å²) in [6.45, 7) is 7.74. The minimum atomic E-state index is -0.503. The minimum Gasteiger partial charge on any atom is -0.457 e. The van der Waals surface area contributed by atoms with E-state index in [0.717, 1.165) is 11.6 Å². The normalized spacial score (nSPS) is 20.3. The van der Waals surface area contributed by atoms with Crippen LogP contribution >= 0.6 is 0 Å². The molecule has 0 saturated carbocycles. The Bertz CT molecular complexity index is 555. The van der Waals surface area contributed by atoms with Gasteiger partial charge in [-0.15, -0.1) is 6.58 Å². The van der Waals surface area contributed by atoms with Crippen molar-refractivity contribution in [3.05, 3.63) is 61.2 Å². The molecule has 2 rings (SSSR count). The predicted octanol–water partition coefficient (Wildman–Crippen LogP) is 2.68. The van der Waals surface area contributed by atoms with Gasteiger partial charge in [0.2, 0.25) is 0 Å². The van der Waals surface area contributed by atoms with Crippen LogP contribution in [0.2, 0.25) is 0 Å². The molecule has 22 heavy (non-hydrogen) atoms. The van der Waals surface area contributed by atoms with Crippen LogP contribution in [0.5, 0.6) is 0 Å². The monoisotopic (exact) mass is 301 g/mol. The third-order valence-corrected chi connectivity index (χ3v) is 3.51.